The van der Waals surface area contributed by atoms with Gasteiger partial charge in [0.1, 0.15) is 13.1 Å². The van der Waals surface area contributed by atoms with Gasteiger partial charge in [0.05, 0.1) is 33.4 Å². The Labute approximate surface area is 183 Å². The van der Waals surface area contributed by atoms with Crippen molar-refractivity contribution in [3.8, 4) is 0 Å². The van der Waals surface area contributed by atoms with E-state index in [0.29, 0.717) is 10.2 Å². The quantitative estimate of drug-likeness (QED) is 0.246. The molecule has 0 radical (unpaired) electrons. The summed E-state index contributed by atoms with van der Waals surface area (Å²) in [5, 5.41) is 11.1. The van der Waals surface area contributed by atoms with E-state index in [2.05, 4.69) is 9.73 Å². The molecule has 1 aliphatic heterocycles. The third-order valence-corrected chi connectivity index (χ3v) is 5.84. The van der Waals surface area contributed by atoms with Crippen LogP contribution in [0.2, 0.25) is 0 Å². The minimum absolute atomic E-state index is 0.0764. The first kappa shape index (κ1) is 21.1. The van der Waals surface area contributed by atoms with Crippen molar-refractivity contribution in [1.82, 2.24) is 9.47 Å². The monoisotopic (exact) mass is 454 g/mol. The Kier molecular flexibility index (Phi) is 5.36. The summed E-state index contributed by atoms with van der Waals surface area (Å²) in [6.07, 6.45) is 0. The van der Waals surface area contributed by atoms with Crippen LogP contribution in [0.15, 0.2) is 47.5 Å². The maximum absolute atomic E-state index is 12.6. The predicted molar refractivity (Wildman–Crippen MR) is 111 cm³/mol. The van der Waals surface area contributed by atoms with Crippen LogP contribution in [0.4, 0.5) is 5.69 Å². The van der Waals surface area contributed by atoms with E-state index >= 15 is 0 Å². The number of nitro benzene ring substituents is 1. The Hall–Kier alpha value is -4.19. The number of hydrogen-bond acceptors (Lipinski definition) is 8. The summed E-state index contributed by atoms with van der Waals surface area (Å²) in [5.41, 5.74) is 0.542. The first-order valence-corrected chi connectivity index (χ1v) is 9.99. The lowest BCUT2D eigenvalue weighted by atomic mass is 10.1. The number of non-ortho nitro benzene ring substituents is 1. The lowest BCUT2D eigenvalue weighted by Gasteiger charge is -2.10. The maximum Gasteiger partial charge on any atom is 0.325 e. The van der Waals surface area contributed by atoms with E-state index in [9.17, 15) is 29.3 Å². The zero-order valence-corrected chi connectivity index (χ0v) is 17.3. The van der Waals surface area contributed by atoms with E-state index < -0.39 is 35.2 Å². The van der Waals surface area contributed by atoms with Gasteiger partial charge in [0.25, 0.3) is 23.4 Å². The second-order valence-corrected chi connectivity index (χ2v) is 7.71. The van der Waals surface area contributed by atoms with Crippen LogP contribution in [0.5, 0.6) is 0 Å². The fourth-order valence-electron chi connectivity index (χ4n) is 3.26. The van der Waals surface area contributed by atoms with Gasteiger partial charge in [0.15, 0.2) is 4.80 Å². The number of thiazole rings is 1. The van der Waals surface area contributed by atoms with E-state index in [1.807, 2.05) is 0 Å². The van der Waals surface area contributed by atoms with Crippen molar-refractivity contribution in [3.63, 3.8) is 0 Å². The van der Waals surface area contributed by atoms with Gasteiger partial charge in [0.2, 0.25) is 0 Å². The van der Waals surface area contributed by atoms with Crippen LogP contribution in [-0.2, 0) is 20.9 Å². The summed E-state index contributed by atoms with van der Waals surface area (Å²) in [4.78, 5) is 64.8. The molecule has 2 aromatic carbocycles. The van der Waals surface area contributed by atoms with Gasteiger partial charge in [-0.05, 0) is 18.2 Å². The first-order valence-electron chi connectivity index (χ1n) is 9.17. The standard InChI is InChI=1S/C20H14N4O7S/c1-31-17(26)10-22-14-8-11(24(29)30)6-7-15(14)32-20(22)21-16(25)9-23-18(27)12-4-2-3-5-13(12)19(23)28/h2-8H,9-10H2,1H3. The van der Waals surface area contributed by atoms with Crippen molar-refractivity contribution >= 4 is 50.9 Å². The Bertz CT molecular complexity index is 1350. The molecule has 0 saturated heterocycles. The van der Waals surface area contributed by atoms with E-state index in [1.165, 1.54) is 42.0 Å². The minimum Gasteiger partial charge on any atom is -0.468 e. The molecular weight excluding hydrogens is 440 g/mol. The number of rotatable bonds is 5. The molecule has 1 aromatic heterocycles. The Balaban J connectivity index is 1.71. The lowest BCUT2D eigenvalue weighted by molar-refractivity contribution is -0.384. The van der Waals surface area contributed by atoms with Crippen LogP contribution < -0.4 is 4.80 Å². The van der Waals surface area contributed by atoms with Gasteiger partial charge in [-0.15, -0.1) is 0 Å². The fourth-order valence-corrected chi connectivity index (χ4v) is 4.29. The second kappa shape index (κ2) is 8.15. The van der Waals surface area contributed by atoms with Crippen molar-refractivity contribution in [2.24, 2.45) is 4.99 Å². The van der Waals surface area contributed by atoms with Gasteiger partial charge in [-0.3, -0.25) is 34.2 Å². The zero-order chi connectivity index (χ0) is 23.0. The number of carbonyl (C=O) groups is 4. The number of aromatic nitrogens is 1. The number of ether oxygens (including phenoxy) is 1. The predicted octanol–water partition coefficient (Wildman–Crippen LogP) is 1.51. The normalized spacial score (nSPS) is 13.5. The molecule has 0 bridgehead atoms. The van der Waals surface area contributed by atoms with E-state index in [1.54, 1.807) is 12.1 Å². The number of esters is 1. The molecule has 1 aliphatic rings. The van der Waals surface area contributed by atoms with Gasteiger partial charge in [-0.2, -0.15) is 4.99 Å². The molecule has 0 atom stereocenters. The number of benzene rings is 2. The highest BCUT2D eigenvalue weighted by molar-refractivity contribution is 7.16. The Morgan fingerprint density at radius 1 is 1.09 bits per heavy atom. The van der Waals surface area contributed by atoms with Crippen LogP contribution in [0.3, 0.4) is 0 Å². The van der Waals surface area contributed by atoms with Crippen LogP contribution in [-0.4, -0.2) is 51.7 Å². The van der Waals surface area contributed by atoms with Gasteiger partial charge >= 0.3 is 5.97 Å². The molecule has 0 N–H and O–H groups in total. The van der Waals surface area contributed by atoms with Gasteiger partial charge in [0, 0.05) is 12.1 Å². The third-order valence-electron chi connectivity index (χ3n) is 4.78. The SMILES string of the molecule is COC(=O)Cn1c(=NC(=O)CN2C(=O)c3ccccc3C2=O)sc2ccc([N+](=O)[O-])cc21. The minimum atomic E-state index is -0.792. The molecule has 2 heterocycles. The fraction of sp³-hybridized carbons (Fsp3) is 0.150. The van der Waals surface area contributed by atoms with Crippen molar-refractivity contribution in [2.75, 3.05) is 13.7 Å². The highest BCUT2D eigenvalue weighted by Crippen LogP contribution is 2.24. The summed E-state index contributed by atoms with van der Waals surface area (Å²) in [6.45, 7) is -0.921. The van der Waals surface area contributed by atoms with Crippen molar-refractivity contribution in [3.05, 3.63) is 68.5 Å². The Morgan fingerprint density at radius 3 is 2.34 bits per heavy atom. The molecule has 0 aliphatic carbocycles. The molecular formula is C20H14N4O7S. The van der Waals surface area contributed by atoms with Gasteiger partial charge in [-0.1, -0.05) is 23.5 Å². The summed E-state index contributed by atoms with van der Waals surface area (Å²) < 4.78 is 6.54. The maximum atomic E-state index is 12.6. The molecule has 3 amide bonds. The molecule has 0 fully saturated rings. The smallest absolute Gasteiger partial charge is 0.325 e. The zero-order valence-electron chi connectivity index (χ0n) is 16.5. The van der Waals surface area contributed by atoms with Crippen molar-refractivity contribution in [2.45, 2.75) is 6.54 Å². The highest BCUT2D eigenvalue weighted by Gasteiger charge is 2.36. The van der Waals surface area contributed by atoms with Crippen LogP contribution in [0.1, 0.15) is 20.7 Å². The summed E-state index contributed by atoms with van der Waals surface area (Å²) >= 11 is 1.03. The number of carbonyl (C=O) groups excluding carboxylic acids is 4. The molecule has 0 saturated carbocycles. The number of methoxy groups -OCH3 is 1. The molecule has 12 heteroatoms. The molecule has 3 aromatic rings. The van der Waals surface area contributed by atoms with Crippen molar-refractivity contribution < 1.29 is 28.8 Å². The third kappa shape index (κ3) is 3.67. The number of hydrogen-bond donors (Lipinski definition) is 0. The molecule has 0 spiro atoms. The number of nitrogens with zero attached hydrogens (tertiary/aromatic N) is 4. The average Bonchev–Trinajstić information content (AvgIpc) is 3.23. The van der Waals surface area contributed by atoms with Crippen LogP contribution >= 0.6 is 11.3 Å². The lowest BCUT2D eigenvalue weighted by Crippen LogP contribution is -2.35. The highest BCUT2D eigenvalue weighted by atomic mass is 32.1. The molecule has 162 valence electrons. The Morgan fingerprint density at radius 2 is 1.75 bits per heavy atom. The molecule has 4 rings (SSSR count). The van der Waals surface area contributed by atoms with Crippen LogP contribution in [0.25, 0.3) is 10.2 Å². The number of nitro groups is 1. The topological polar surface area (TPSA) is 141 Å². The van der Waals surface area contributed by atoms with Gasteiger partial charge < -0.3 is 9.30 Å². The largest absolute Gasteiger partial charge is 0.468 e. The summed E-state index contributed by atoms with van der Waals surface area (Å²) in [5.74, 6) is -2.63. The van der Waals surface area contributed by atoms with Crippen molar-refractivity contribution in [1.29, 1.82) is 0 Å². The second-order valence-electron chi connectivity index (χ2n) is 6.70. The number of imide groups is 1. The first-order chi connectivity index (χ1) is 15.3. The van der Waals surface area contributed by atoms with E-state index in [4.69, 9.17) is 0 Å². The molecule has 32 heavy (non-hydrogen) atoms. The summed E-state index contributed by atoms with van der Waals surface area (Å²) in [6, 6.07) is 10.3. The summed E-state index contributed by atoms with van der Waals surface area (Å²) in [7, 11) is 1.18. The molecule has 0 unspecified atom stereocenters. The number of fused-ring (bicyclic) bond motifs is 2. The van der Waals surface area contributed by atoms with E-state index in [-0.39, 0.29) is 28.2 Å². The van der Waals surface area contributed by atoms with Gasteiger partial charge in [-0.25, -0.2) is 0 Å². The van der Waals surface area contributed by atoms with Crippen LogP contribution in [0, 0.1) is 10.1 Å². The van der Waals surface area contributed by atoms with E-state index in [0.717, 1.165) is 16.2 Å². The molecule has 11 nitrogen and oxygen atoms in total. The average molecular weight is 454 g/mol. The number of amides is 3.